The summed E-state index contributed by atoms with van der Waals surface area (Å²) in [6.07, 6.45) is 1.14. The predicted octanol–water partition coefficient (Wildman–Crippen LogP) is 2.85. The van der Waals surface area contributed by atoms with Crippen molar-refractivity contribution in [2.24, 2.45) is 5.92 Å². The topological polar surface area (TPSA) is 66.1 Å². The molecule has 7 heteroatoms. The van der Waals surface area contributed by atoms with E-state index in [1.807, 2.05) is 6.92 Å². The number of amides is 1. The zero-order valence-electron chi connectivity index (χ0n) is 14.1. The number of hydrogen-bond acceptors (Lipinski definition) is 3. The first-order valence-corrected chi connectivity index (χ1v) is 8.27. The van der Waals surface area contributed by atoms with E-state index in [1.165, 1.54) is 11.0 Å². The van der Waals surface area contributed by atoms with Crippen molar-refractivity contribution in [3.8, 4) is 11.3 Å². The van der Waals surface area contributed by atoms with Crippen molar-refractivity contribution in [3.05, 3.63) is 41.1 Å². The third-order valence-electron chi connectivity index (χ3n) is 4.68. The molecule has 0 saturated carbocycles. The summed E-state index contributed by atoms with van der Waals surface area (Å²) in [4.78, 5) is 26.1. The summed E-state index contributed by atoms with van der Waals surface area (Å²) in [6, 6.07) is 3.57. The number of aromatic amines is 1. The lowest BCUT2D eigenvalue weighted by molar-refractivity contribution is -0.147. The minimum Gasteiger partial charge on any atom is -0.331 e. The predicted molar refractivity (Wildman–Crippen MR) is 87.5 cm³/mol. The SMILES string of the molecule is CC[C@@H](C)C(=O)C(=O)N1CCc2[nH]nc(-c3ccc(F)c(F)c3)c2C1. The summed E-state index contributed by atoms with van der Waals surface area (Å²) in [5, 5.41) is 7.08. The maximum absolute atomic E-state index is 13.5. The van der Waals surface area contributed by atoms with Gasteiger partial charge in [-0.25, -0.2) is 8.78 Å². The zero-order chi connectivity index (χ0) is 18.1. The average Bonchev–Trinajstić information content (AvgIpc) is 3.05. The van der Waals surface area contributed by atoms with Crippen LogP contribution in [0.5, 0.6) is 0 Å². The van der Waals surface area contributed by atoms with Crippen LogP contribution < -0.4 is 0 Å². The van der Waals surface area contributed by atoms with Gasteiger partial charge in [0.15, 0.2) is 11.6 Å². The fourth-order valence-corrected chi connectivity index (χ4v) is 2.90. The van der Waals surface area contributed by atoms with E-state index in [-0.39, 0.29) is 12.5 Å². The van der Waals surface area contributed by atoms with Crippen molar-refractivity contribution in [2.45, 2.75) is 33.2 Å². The van der Waals surface area contributed by atoms with E-state index >= 15 is 0 Å². The van der Waals surface area contributed by atoms with Crippen LogP contribution in [0.25, 0.3) is 11.3 Å². The van der Waals surface area contributed by atoms with Crippen molar-refractivity contribution in [3.63, 3.8) is 0 Å². The van der Waals surface area contributed by atoms with Crippen molar-refractivity contribution in [1.29, 1.82) is 0 Å². The molecule has 0 fully saturated rings. The summed E-state index contributed by atoms with van der Waals surface area (Å²) < 4.78 is 26.7. The highest BCUT2D eigenvalue weighted by molar-refractivity contribution is 6.36. The number of rotatable bonds is 4. The van der Waals surface area contributed by atoms with Gasteiger partial charge in [0.05, 0.1) is 12.2 Å². The molecule has 0 radical (unpaired) electrons. The van der Waals surface area contributed by atoms with Crippen molar-refractivity contribution in [2.75, 3.05) is 6.54 Å². The van der Waals surface area contributed by atoms with Gasteiger partial charge >= 0.3 is 0 Å². The summed E-state index contributed by atoms with van der Waals surface area (Å²) in [6.45, 7) is 4.25. The summed E-state index contributed by atoms with van der Waals surface area (Å²) >= 11 is 0. The number of Topliss-reactive ketones (excluding diaryl/α,β-unsaturated/α-hetero) is 1. The molecule has 1 N–H and O–H groups in total. The van der Waals surface area contributed by atoms with Gasteiger partial charge in [0, 0.05) is 35.7 Å². The third-order valence-corrected chi connectivity index (χ3v) is 4.68. The molecule has 2 aromatic rings. The first-order valence-electron chi connectivity index (χ1n) is 8.27. The normalized spacial score (nSPS) is 15.0. The fourth-order valence-electron chi connectivity index (χ4n) is 2.90. The second kappa shape index (κ2) is 6.74. The molecule has 0 unspecified atom stereocenters. The molecule has 3 rings (SSSR count). The van der Waals surface area contributed by atoms with Crippen molar-refractivity contribution < 1.29 is 18.4 Å². The maximum Gasteiger partial charge on any atom is 0.290 e. The van der Waals surface area contributed by atoms with Gasteiger partial charge < -0.3 is 4.90 Å². The lowest BCUT2D eigenvalue weighted by Gasteiger charge is -2.27. The number of benzene rings is 1. The molecular formula is C18H19F2N3O2. The average molecular weight is 347 g/mol. The minimum absolute atomic E-state index is 0.223. The second-order valence-electron chi connectivity index (χ2n) is 6.31. The standard InChI is InChI=1S/C18H19F2N3O2/c1-3-10(2)17(24)18(25)23-7-6-15-12(9-23)16(22-21-15)11-4-5-13(19)14(20)8-11/h4-5,8,10H,3,6-7,9H2,1-2H3,(H,21,22)/t10-/m1/s1. The highest BCUT2D eigenvalue weighted by Crippen LogP contribution is 2.29. The van der Waals surface area contributed by atoms with Gasteiger partial charge in [0.2, 0.25) is 5.78 Å². The number of nitrogens with one attached hydrogen (secondary N) is 1. The quantitative estimate of drug-likeness (QED) is 0.865. The van der Waals surface area contributed by atoms with E-state index in [2.05, 4.69) is 10.2 Å². The van der Waals surface area contributed by atoms with E-state index in [0.29, 0.717) is 30.6 Å². The smallest absolute Gasteiger partial charge is 0.290 e. The van der Waals surface area contributed by atoms with Crippen LogP contribution >= 0.6 is 0 Å². The molecule has 0 saturated heterocycles. The monoisotopic (exact) mass is 347 g/mol. The lowest BCUT2D eigenvalue weighted by atomic mass is 9.98. The first-order chi connectivity index (χ1) is 11.9. The molecule has 1 aromatic carbocycles. The fraction of sp³-hybridized carbons (Fsp3) is 0.389. The van der Waals surface area contributed by atoms with Gasteiger partial charge in [-0.3, -0.25) is 14.7 Å². The minimum atomic E-state index is -0.954. The Kier molecular flexibility index (Phi) is 4.65. The van der Waals surface area contributed by atoms with Gasteiger partial charge in [-0.05, 0) is 24.6 Å². The van der Waals surface area contributed by atoms with E-state index < -0.39 is 23.3 Å². The van der Waals surface area contributed by atoms with Crippen LogP contribution in [0.2, 0.25) is 0 Å². The Labute approximate surface area is 144 Å². The highest BCUT2D eigenvalue weighted by Gasteiger charge is 2.30. The van der Waals surface area contributed by atoms with Crippen molar-refractivity contribution in [1.82, 2.24) is 15.1 Å². The largest absolute Gasteiger partial charge is 0.331 e. The molecule has 1 aliphatic heterocycles. The Morgan fingerprint density at radius 2 is 2.08 bits per heavy atom. The van der Waals surface area contributed by atoms with E-state index in [4.69, 9.17) is 0 Å². The number of H-pyrrole nitrogens is 1. The molecule has 25 heavy (non-hydrogen) atoms. The van der Waals surface area contributed by atoms with Crippen LogP contribution in [0.3, 0.4) is 0 Å². The number of aromatic nitrogens is 2. The van der Waals surface area contributed by atoms with E-state index in [9.17, 15) is 18.4 Å². The van der Waals surface area contributed by atoms with Gasteiger partial charge in [-0.2, -0.15) is 5.10 Å². The maximum atomic E-state index is 13.5. The number of carbonyl (C=O) groups is 2. The Morgan fingerprint density at radius 3 is 2.76 bits per heavy atom. The molecule has 5 nitrogen and oxygen atoms in total. The molecule has 1 amide bonds. The summed E-state index contributed by atoms with van der Waals surface area (Å²) in [5.41, 5.74) is 2.49. The van der Waals surface area contributed by atoms with E-state index in [0.717, 1.165) is 23.4 Å². The van der Waals surface area contributed by atoms with Crippen LogP contribution in [0.4, 0.5) is 8.78 Å². The number of halogens is 2. The Hall–Kier alpha value is -2.57. The van der Waals surface area contributed by atoms with Gasteiger partial charge in [-0.1, -0.05) is 13.8 Å². The first kappa shape index (κ1) is 17.3. The van der Waals surface area contributed by atoms with Crippen LogP contribution in [0, 0.1) is 17.6 Å². The summed E-state index contributed by atoms with van der Waals surface area (Å²) in [7, 11) is 0. The second-order valence-corrected chi connectivity index (χ2v) is 6.31. The number of hydrogen-bond donors (Lipinski definition) is 1. The van der Waals surface area contributed by atoms with Gasteiger partial charge in [0.1, 0.15) is 0 Å². The molecule has 1 atom stereocenters. The number of carbonyl (C=O) groups excluding carboxylic acids is 2. The van der Waals surface area contributed by atoms with Crippen LogP contribution in [-0.2, 0) is 22.6 Å². The van der Waals surface area contributed by atoms with Gasteiger partial charge in [0.25, 0.3) is 5.91 Å². The summed E-state index contributed by atoms with van der Waals surface area (Å²) in [5.74, 6) is -3.10. The Morgan fingerprint density at radius 1 is 1.32 bits per heavy atom. The number of nitrogens with zero attached hydrogens (tertiary/aromatic N) is 2. The zero-order valence-corrected chi connectivity index (χ0v) is 14.1. The van der Waals surface area contributed by atoms with Crippen LogP contribution in [0.15, 0.2) is 18.2 Å². The number of ketones is 1. The third kappa shape index (κ3) is 3.18. The van der Waals surface area contributed by atoms with E-state index in [1.54, 1.807) is 6.92 Å². The number of fused-ring (bicyclic) bond motifs is 1. The highest BCUT2D eigenvalue weighted by atomic mass is 19.2. The molecule has 1 aliphatic rings. The molecule has 0 bridgehead atoms. The molecule has 0 aliphatic carbocycles. The molecule has 2 heterocycles. The van der Waals surface area contributed by atoms with Gasteiger partial charge in [-0.15, -0.1) is 0 Å². The molecule has 1 aromatic heterocycles. The lowest BCUT2D eigenvalue weighted by Crippen LogP contribution is -2.41. The Balaban J connectivity index is 1.88. The molecule has 0 spiro atoms. The molecular weight excluding hydrogens is 328 g/mol. The van der Waals surface area contributed by atoms with Crippen LogP contribution in [0.1, 0.15) is 31.5 Å². The van der Waals surface area contributed by atoms with Crippen LogP contribution in [-0.4, -0.2) is 33.3 Å². The molecule has 132 valence electrons. The Bertz CT molecular complexity index is 832. The van der Waals surface area contributed by atoms with Crippen molar-refractivity contribution >= 4 is 11.7 Å².